The van der Waals surface area contributed by atoms with Gasteiger partial charge in [0.2, 0.25) is 0 Å². The molecule has 0 atom stereocenters. The number of aryl methyl sites for hydroxylation is 1. The standard InChI is InChI=1S/C13H16F2N2/c1-9-6-11(15)12(7-10(9)14)17-5-4-13(2,3)8-16/h6-7,17H,4-5H2,1-3H3. The summed E-state index contributed by atoms with van der Waals surface area (Å²) in [5.74, 6) is -0.910. The van der Waals surface area contributed by atoms with Gasteiger partial charge in [0.15, 0.2) is 0 Å². The van der Waals surface area contributed by atoms with Gasteiger partial charge in [-0.3, -0.25) is 0 Å². The van der Waals surface area contributed by atoms with E-state index in [0.717, 1.165) is 12.1 Å². The second kappa shape index (κ2) is 5.13. The summed E-state index contributed by atoms with van der Waals surface area (Å²) in [7, 11) is 0. The van der Waals surface area contributed by atoms with Crippen LogP contribution in [-0.4, -0.2) is 6.54 Å². The van der Waals surface area contributed by atoms with Crippen molar-refractivity contribution in [1.29, 1.82) is 5.26 Å². The van der Waals surface area contributed by atoms with Gasteiger partial charge in [0, 0.05) is 12.6 Å². The molecule has 1 aromatic rings. The highest BCUT2D eigenvalue weighted by molar-refractivity contribution is 5.46. The summed E-state index contributed by atoms with van der Waals surface area (Å²) in [5, 5.41) is 11.6. The Balaban J connectivity index is 2.65. The predicted octanol–water partition coefficient (Wildman–Crippen LogP) is 3.63. The molecule has 0 aliphatic rings. The highest BCUT2D eigenvalue weighted by atomic mass is 19.1. The second-order valence-electron chi connectivity index (χ2n) is 4.75. The van der Waals surface area contributed by atoms with Crippen LogP contribution in [0.1, 0.15) is 25.8 Å². The fraction of sp³-hybridized carbons (Fsp3) is 0.462. The molecule has 0 saturated carbocycles. The van der Waals surface area contributed by atoms with E-state index in [0.29, 0.717) is 13.0 Å². The van der Waals surface area contributed by atoms with Gasteiger partial charge in [-0.2, -0.15) is 5.26 Å². The van der Waals surface area contributed by atoms with Crippen LogP contribution in [0.4, 0.5) is 14.5 Å². The summed E-state index contributed by atoms with van der Waals surface area (Å²) in [6.07, 6.45) is 0.568. The fourth-order valence-corrected chi connectivity index (χ4v) is 1.35. The van der Waals surface area contributed by atoms with E-state index in [-0.39, 0.29) is 11.3 Å². The van der Waals surface area contributed by atoms with Crippen LogP contribution in [0.3, 0.4) is 0 Å². The van der Waals surface area contributed by atoms with Crippen LogP contribution in [0.2, 0.25) is 0 Å². The van der Waals surface area contributed by atoms with Gasteiger partial charge in [0.25, 0.3) is 0 Å². The molecule has 0 spiro atoms. The number of benzene rings is 1. The van der Waals surface area contributed by atoms with Gasteiger partial charge >= 0.3 is 0 Å². The van der Waals surface area contributed by atoms with E-state index in [4.69, 9.17) is 5.26 Å². The topological polar surface area (TPSA) is 35.8 Å². The molecule has 0 heterocycles. The van der Waals surface area contributed by atoms with Crippen molar-refractivity contribution in [2.24, 2.45) is 5.41 Å². The van der Waals surface area contributed by atoms with Crippen molar-refractivity contribution >= 4 is 5.69 Å². The number of halogens is 2. The zero-order chi connectivity index (χ0) is 13.1. The van der Waals surface area contributed by atoms with Crippen molar-refractivity contribution in [2.75, 3.05) is 11.9 Å². The van der Waals surface area contributed by atoms with E-state index in [1.807, 2.05) is 0 Å². The largest absolute Gasteiger partial charge is 0.383 e. The number of hydrogen-bond donors (Lipinski definition) is 1. The van der Waals surface area contributed by atoms with Crippen molar-refractivity contribution < 1.29 is 8.78 Å². The lowest BCUT2D eigenvalue weighted by atomic mass is 9.91. The quantitative estimate of drug-likeness (QED) is 0.869. The first kappa shape index (κ1) is 13.4. The molecule has 0 saturated heterocycles. The minimum atomic E-state index is -0.473. The Labute approximate surface area is 100 Å². The van der Waals surface area contributed by atoms with Gasteiger partial charge in [0.05, 0.1) is 17.2 Å². The Hall–Kier alpha value is -1.63. The van der Waals surface area contributed by atoms with Crippen molar-refractivity contribution in [3.8, 4) is 6.07 Å². The summed E-state index contributed by atoms with van der Waals surface area (Å²) >= 11 is 0. The maximum Gasteiger partial charge on any atom is 0.146 e. The molecule has 1 aromatic carbocycles. The Bertz CT molecular complexity index is 447. The normalized spacial score (nSPS) is 11.1. The molecule has 1 rings (SSSR count). The Morgan fingerprint density at radius 1 is 1.29 bits per heavy atom. The monoisotopic (exact) mass is 238 g/mol. The molecule has 0 bridgehead atoms. The highest BCUT2D eigenvalue weighted by Gasteiger charge is 2.16. The zero-order valence-electron chi connectivity index (χ0n) is 10.3. The molecule has 1 N–H and O–H groups in total. The van der Waals surface area contributed by atoms with Crippen molar-refractivity contribution in [2.45, 2.75) is 27.2 Å². The molecule has 0 aliphatic heterocycles. The van der Waals surface area contributed by atoms with Crippen LogP contribution in [-0.2, 0) is 0 Å². The first-order valence-electron chi connectivity index (χ1n) is 5.46. The lowest BCUT2D eigenvalue weighted by Gasteiger charge is -2.16. The zero-order valence-corrected chi connectivity index (χ0v) is 10.3. The molecular formula is C13H16F2N2. The van der Waals surface area contributed by atoms with Gasteiger partial charge in [-0.25, -0.2) is 8.78 Å². The summed E-state index contributed by atoms with van der Waals surface area (Å²) in [6.45, 7) is 5.56. The Morgan fingerprint density at radius 2 is 1.94 bits per heavy atom. The number of rotatable bonds is 4. The number of nitrogens with one attached hydrogen (secondary N) is 1. The minimum absolute atomic E-state index is 0.141. The number of nitriles is 1. The van der Waals surface area contributed by atoms with Crippen LogP contribution in [0.25, 0.3) is 0 Å². The third-order valence-corrected chi connectivity index (χ3v) is 2.62. The molecular weight excluding hydrogens is 222 g/mol. The third kappa shape index (κ3) is 3.70. The van der Waals surface area contributed by atoms with Gasteiger partial charge < -0.3 is 5.32 Å². The summed E-state index contributed by atoms with van der Waals surface area (Å²) in [5.41, 5.74) is -0.0422. The van der Waals surface area contributed by atoms with Crippen LogP contribution in [0, 0.1) is 35.3 Å². The number of nitrogens with zero attached hydrogens (tertiary/aromatic N) is 1. The van der Waals surface area contributed by atoms with Gasteiger partial charge in [-0.15, -0.1) is 0 Å². The summed E-state index contributed by atoms with van der Waals surface area (Å²) in [4.78, 5) is 0. The van der Waals surface area contributed by atoms with Crippen LogP contribution in [0.5, 0.6) is 0 Å². The van der Waals surface area contributed by atoms with Crippen LogP contribution < -0.4 is 5.32 Å². The molecule has 2 nitrogen and oxygen atoms in total. The molecule has 0 radical (unpaired) electrons. The van der Waals surface area contributed by atoms with Crippen molar-refractivity contribution in [1.82, 2.24) is 0 Å². The maximum absolute atomic E-state index is 13.4. The van der Waals surface area contributed by atoms with E-state index >= 15 is 0 Å². The Morgan fingerprint density at radius 3 is 2.53 bits per heavy atom. The van der Waals surface area contributed by atoms with Gasteiger partial charge in [0.1, 0.15) is 11.6 Å². The molecule has 0 unspecified atom stereocenters. The van der Waals surface area contributed by atoms with Gasteiger partial charge in [-0.05, 0) is 38.8 Å². The number of anilines is 1. The van der Waals surface area contributed by atoms with E-state index in [9.17, 15) is 8.78 Å². The van der Waals surface area contributed by atoms with E-state index < -0.39 is 17.0 Å². The number of hydrogen-bond acceptors (Lipinski definition) is 2. The van der Waals surface area contributed by atoms with Crippen LogP contribution in [0.15, 0.2) is 12.1 Å². The Kier molecular flexibility index (Phi) is 4.06. The average Bonchev–Trinajstić information content (AvgIpc) is 2.25. The van der Waals surface area contributed by atoms with Crippen molar-refractivity contribution in [3.63, 3.8) is 0 Å². The molecule has 4 heteroatoms. The summed E-state index contributed by atoms with van der Waals surface area (Å²) < 4.78 is 26.7. The first-order valence-corrected chi connectivity index (χ1v) is 5.46. The smallest absolute Gasteiger partial charge is 0.146 e. The SMILES string of the molecule is Cc1cc(F)c(NCCC(C)(C)C#N)cc1F. The van der Waals surface area contributed by atoms with E-state index in [1.165, 1.54) is 6.92 Å². The van der Waals surface area contributed by atoms with E-state index in [1.54, 1.807) is 13.8 Å². The van der Waals surface area contributed by atoms with Crippen LogP contribution >= 0.6 is 0 Å². The van der Waals surface area contributed by atoms with E-state index in [2.05, 4.69) is 11.4 Å². The molecule has 17 heavy (non-hydrogen) atoms. The molecule has 92 valence electrons. The maximum atomic E-state index is 13.4. The second-order valence-corrected chi connectivity index (χ2v) is 4.75. The summed E-state index contributed by atoms with van der Waals surface area (Å²) in [6, 6.07) is 4.46. The lowest BCUT2D eigenvalue weighted by molar-refractivity contribution is 0.466. The molecule has 0 aromatic heterocycles. The van der Waals surface area contributed by atoms with Crippen molar-refractivity contribution in [3.05, 3.63) is 29.3 Å². The highest BCUT2D eigenvalue weighted by Crippen LogP contribution is 2.21. The average molecular weight is 238 g/mol. The van der Waals surface area contributed by atoms with Gasteiger partial charge in [-0.1, -0.05) is 0 Å². The molecule has 0 aliphatic carbocycles. The lowest BCUT2D eigenvalue weighted by Crippen LogP contribution is -2.15. The third-order valence-electron chi connectivity index (χ3n) is 2.62. The predicted molar refractivity (Wildman–Crippen MR) is 63.6 cm³/mol. The molecule has 0 amide bonds. The fourth-order valence-electron chi connectivity index (χ4n) is 1.35. The first-order chi connectivity index (χ1) is 7.85. The molecule has 0 fully saturated rings. The minimum Gasteiger partial charge on any atom is -0.383 e.